The fourth-order valence-corrected chi connectivity index (χ4v) is 3.36. The van der Waals surface area contributed by atoms with E-state index in [-0.39, 0.29) is 17.1 Å². The number of nitrogens with one attached hydrogen (secondary N) is 1. The fourth-order valence-electron chi connectivity index (χ4n) is 2.32. The molecule has 0 saturated carbocycles. The smallest absolute Gasteiger partial charge is 0.395 e. The summed E-state index contributed by atoms with van der Waals surface area (Å²) in [6, 6.07) is 7.07. The molecule has 0 aliphatic rings. The zero-order valence-corrected chi connectivity index (χ0v) is 14.5. The Bertz CT molecular complexity index is 675. The highest BCUT2D eigenvalue weighted by Crippen LogP contribution is 2.33. The summed E-state index contributed by atoms with van der Waals surface area (Å²) in [6.07, 6.45) is -4.59. The predicted molar refractivity (Wildman–Crippen MR) is 91.8 cm³/mol. The van der Waals surface area contributed by atoms with E-state index in [1.165, 1.54) is 23.9 Å². The molecule has 26 heavy (non-hydrogen) atoms. The zero-order chi connectivity index (χ0) is 19.2. The van der Waals surface area contributed by atoms with E-state index >= 15 is 0 Å². The largest absolute Gasteiger partial charge is 0.407 e. The summed E-state index contributed by atoms with van der Waals surface area (Å²) in [5.74, 6) is -0.280. The van der Waals surface area contributed by atoms with Gasteiger partial charge in [-0.05, 0) is 35.4 Å². The third kappa shape index (κ3) is 6.26. The number of hydrogen-bond donors (Lipinski definition) is 2. The average molecular weight is 391 g/mol. The fraction of sp³-hybridized carbons (Fsp3) is 0.333. The molecule has 0 aromatic heterocycles. The first-order valence-electron chi connectivity index (χ1n) is 7.81. The topological polar surface area (TPSA) is 32.3 Å². The summed E-state index contributed by atoms with van der Waals surface area (Å²) in [4.78, 5) is 0. The van der Waals surface area contributed by atoms with E-state index in [9.17, 15) is 27.1 Å². The molecule has 1 unspecified atom stereocenters. The van der Waals surface area contributed by atoms with Crippen molar-refractivity contribution in [2.45, 2.75) is 24.0 Å². The summed E-state index contributed by atoms with van der Waals surface area (Å²) >= 11 is 1.32. The van der Waals surface area contributed by atoms with Crippen LogP contribution in [0.2, 0.25) is 0 Å². The molecule has 2 N–H and O–H groups in total. The lowest BCUT2D eigenvalue weighted by molar-refractivity contribution is -0.159. The molecule has 0 spiro atoms. The van der Waals surface area contributed by atoms with E-state index in [1.54, 1.807) is 12.1 Å². The zero-order valence-electron chi connectivity index (χ0n) is 13.6. The Kier molecular flexibility index (Phi) is 7.43. The van der Waals surface area contributed by atoms with Crippen LogP contribution in [0.15, 0.2) is 48.5 Å². The number of aliphatic hydroxyl groups excluding tert-OH is 1. The van der Waals surface area contributed by atoms with Crippen molar-refractivity contribution in [2.24, 2.45) is 0 Å². The van der Waals surface area contributed by atoms with E-state index in [1.807, 2.05) is 0 Å². The van der Waals surface area contributed by atoms with Crippen LogP contribution in [0, 0.1) is 11.6 Å². The molecule has 0 heterocycles. The van der Waals surface area contributed by atoms with E-state index in [0.717, 1.165) is 29.8 Å². The van der Waals surface area contributed by atoms with Crippen molar-refractivity contribution in [3.63, 3.8) is 0 Å². The summed E-state index contributed by atoms with van der Waals surface area (Å²) < 4.78 is 65.9. The van der Waals surface area contributed by atoms with E-state index in [2.05, 4.69) is 5.32 Å². The summed E-state index contributed by atoms with van der Waals surface area (Å²) in [5.41, 5.74) is 0.708. The normalized spacial score (nSPS) is 14.2. The predicted octanol–water partition coefficient (Wildman–Crippen LogP) is 4.45. The van der Waals surface area contributed by atoms with Gasteiger partial charge in [0.15, 0.2) is 0 Å². The Morgan fingerprint density at radius 1 is 0.923 bits per heavy atom. The van der Waals surface area contributed by atoms with Crippen molar-refractivity contribution in [1.29, 1.82) is 0 Å². The van der Waals surface area contributed by atoms with Crippen LogP contribution < -0.4 is 5.32 Å². The number of halogens is 5. The molecule has 0 aliphatic carbocycles. The number of rotatable bonds is 8. The van der Waals surface area contributed by atoms with Crippen LogP contribution in [0.3, 0.4) is 0 Å². The Hall–Kier alpha value is -1.64. The molecule has 2 aromatic rings. The van der Waals surface area contributed by atoms with Gasteiger partial charge in [0.05, 0.1) is 6.61 Å². The Morgan fingerprint density at radius 3 is 1.96 bits per heavy atom. The van der Waals surface area contributed by atoms with Crippen molar-refractivity contribution < 1.29 is 27.1 Å². The highest BCUT2D eigenvalue weighted by atomic mass is 32.2. The maximum absolute atomic E-state index is 13.3. The van der Waals surface area contributed by atoms with Crippen LogP contribution in [0.5, 0.6) is 0 Å². The molecule has 0 saturated heterocycles. The molecule has 142 valence electrons. The van der Waals surface area contributed by atoms with Gasteiger partial charge in [0, 0.05) is 17.5 Å². The standard InChI is InChI=1S/C18H18F5NOS/c19-14-5-1-12(2-6-14)10-26-11-16(9-25)24-17(18(21,22)23)13-3-7-15(20)8-4-13/h1-8,16-17,24-25H,9-11H2/t16?,17-/m1/s1. The van der Waals surface area contributed by atoms with E-state index in [0.29, 0.717) is 5.75 Å². The third-order valence-electron chi connectivity index (χ3n) is 3.65. The quantitative estimate of drug-likeness (QED) is 0.652. The number of alkyl halides is 3. The SMILES string of the molecule is OCC(CSCc1ccc(F)cc1)N[C@H](c1ccc(F)cc1)C(F)(F)F. The summed E-state index contributed by atoms with van der Waals surface area (Å²) in [6.45, 7) is -0.482. The Balaban J connectivity index is 1.98. The van der Waals surface area contributed by atoms with Crippen LogP contribution in [0.4, 0.5) is 22.0 Å². The second kappa shape index (κ2) is 9.34. The molecular formula is C18H18F5NOS. The van der Waals surface area contributed by atoms with E-state index < -0.39 is 30.7 Å². The van der Waals surface area contributed by atoms with Gasteiger partial charge < -0.3 is 5.11 Å². The van der Waals surface area contributed by atoms with Crippen LogP contribution in [-0.2, 0) is 5.75 Å². The molecule has 2 atom stereocenters. The van der Waals surface area contributed by atoms with Gasteiger partial charge in [-0.3, -0.25) is 5.32 Å². The van der Waals surface area contributed by atoms with Crippen molar-refractivity contribution in [3.05, 3.63) is 71.3 Å². The van der Waals surface area contributed by atoms with Crippen molar-refractivity contribution in [3.8, 4) is 0 Å². The maximum Gasteiger partial charge on any atom is 0.407 e. The van der Waals surface area contributed by atoms with Gasteiger partial charge in [0.2, 0.25) is 0 Å². The Labute approximate surface area is 152 Å². The first-order chi connectivity index (χ1) is 12.3. The van der Waals surface area contributed by atoms with Crippen LogP contribution in [0.25, 0.3) is 0 Å². The lowest BCUT2D eigenvalue weighted by atomic mass is 10.1. The highest BCUT2D eigenvalue weighted by Gasteiger charge is 2.41. The minimum atomic E-state index is -4.59. The van der Waals surface area contributed by atoms with Gasteiger partial charge in [-0.2, -0.15) is 24.9 Å². The highest BCUT2D eigenvalue weighted by molar-refractivity contribution is 7.98. The molecule has 2 aromatic carbocycles. The Morgan fingerprint density at radius 2 is 1.46 bits per heavy atom. The number of aliphatic hydroxyl groups is 1. The first kappa shape index (κ1) is 20.7. The molecule has 8 heteroatoms. The van der Waals surface area contributed by atoms with Gasteiger partial charge in [0.25, 0.3) is 0 Å². The van der Waals surface area contributed by atoms with Crippen LogP contribution in [0.1, 0.15) is 17.2 Å². The van der Waals surface area contributed by atoms with Crippen LogP contribution in [-0.4, -0.2) is 29.7 Å². The minimum Gasteiger partial charge on any atom is -0.395 e. The number of hydrogen-bond acceptors (Lipinski definition) is 3. The summed E-state index contributed by atoms with van der Waals surface area (Å²) in [7, 11) is 0. The number of benzene rings is 2. The van der Waals surface area contributed by atoms with Gasteiger partial charge in [0.1, 0.15) is 17.7 Å². The van der Waals surface area contributed by atoms with Gasteiger partial charge in [-0.1, -0.05) is 24.3 Å². The van der Waals surface area contributed by atoms with Crippen molar-refractivity contribution in [2.75, 3.05) is 12.4 Å². The summed E-state index contributed by atoms with van der Waals surface area (Å²) in [5, 5.41) is 11.8. The lowest BCUT2D eigenvalue weighted by Gasteiger charge is -2.27. The molecule has 0 amide bonds. The van der Waals surface area contributed by atoms with Gasteiger partial charge in [-0.15, -0.1) is 0 Å². The van der Waals surface area contributed by atoms with Gasteiger partial charge >= 0.3 is 6.18 Å². The molecule has 0 bridgehead atoms. The number of thioether (sulfide) groups is 1. The monoisotopic (exact) mass is 391 g/mol. The maximum atomic E-state index is 13.3. The first-order valence-corrected chi connectivity index (χ1v) is 8.96. The van der Waals surface area contributed by atoms with Crippen molar-refractivity contribution >= 4 is 11.8 Å². The second-order valence-corrected chi connectivity index (χ2v) is 6.74. The minimum absolute atomic E-state index is 0.124. The van der Waals surface area contributed by atoms with E-state index in [4.69, 9.17) is 0 Å². The third-order valence-corrected chi connectivity index (χ3v) is 4.83. The molecule has 0 aliphatic heterocycles. The second-order valence-electron chi connectivity index (χ2n) is 5.71. The molecule has 2 rings (SSSR count). The lowest BCUT2D eigenvalue weighted by Crippen LogP contribution is -2.43. The molecule has 2 nitrogen and oxygen atoms in total. The molecule has 0 fully saturated rings. The average Bonchev–Trinajstić information content (AvgIpc) is 2.59. The van der Waals surface area contributed by atoms with Gasteiger partial charge in [-0.25, -0.2) is 8.78 Å². The van der Waals surface area contributed by atoms with Crippen molar-refractivity contribution in [1.82, 2.24) is 5.32 Å². The van der Waals surface area contributed by atoms with Crippen LogP contribution >= 0.6 is 11.8 Å². The molecular weight excluding hydrogens is 373 g/mol. The molecule has 0 radical (unpaired) electrons.